The quantitative estimate of drug-likeness (QED) is 0.291. The van der Waals surface area contributed by atoms with Crippen molar-refractivity contribution in [3.8, 4) is 5.75 Å². The number of carbonyl (C=O) groups is 2. The molecule has 0 spiro atoms. The molecule has 1 N–H and O–H groups in total. The zero-order chi connectivity index (χ0) is 27.4. The number of rotatable bonds is 9. The minimum absolute atomic E-state index is 0.100. The van der Waals surface area contributed by atoms with Crippen molar-refractivity contribution in [1.82, 2.24) is 4.90 Å². The molecule has 1 fully saturated rings. The van der Waals surface area contributed by atoms with E-state index in [-0.39, 0.29) is 36.6 Å². The van der Waals surface area contributed by atoms with Gasteiger partial charge in [0.2, 0.25) is 5.91 Å². The molecule has 38 heavy (non-hydrogen) atoms. The summed E-state index contributed by atoms with van der Waals surface area (Å²) in [6.07, 6.45) is -2.49. The van der Waals surface area contributed by atoms with Crippen LogP contribution in [0.1, 0.15) is 52.7 Å². The molecule has 0 aliphatic heterocycles. The van der Waals surface area contributed by atoms with Gasteiger partial charge in [-0.3, -0.25) is 9.59 Å². The average Bonchev–Trinajstić information content (AvgIpc) is 3.69. The molecule has 0 radical (unpaired) electrons. The molecule has 0 aromatic heterocycles. The van der Waals surface area contributed by atoms with Gasteiger partial charge < -0.3 is 15.0 Å². The summed E-state index contributed by atoms with van der Waals surface area (Å²) in [6.45, 7) is 1.72. The van der Waals surface area contributed by atoms with Crippen LogP contribution in [0.4, 0.5) is 18.9 Å². The molecular weight excluding hydrogens is 540 g/mol. The fourth-order valence-corrected chi connectivity index (χ4v) is 5.06. The first kappa shape index (κ1) is 27.8. The standard InChI is InChI=1S/C28H25Cl2F3N2O3/c1-17(36)34-26-21(15-23(29)24(25(26)30)19-9-10-19)16-35(27(37)20-5-3-2-4-6-20)14-13-18-7-11-22(12-8-18)38-28(31,32)33/h2-8,11-12,15,19H,9-10,13-14,16H2,1H3,(H,34,36). The Bertz CT molecular complexity index is 1310. The predicted molar refractivity (Wildman–Crippen MR) is 141 cm³/mol. The topological polar surface area (TPSA) is 58.6 Å². The van der Waals surface area contributed by atoms with Crippen LogP contribution in [0.2, 0.25) is 10.0 Å². The third-order valence-electron chi connectivity index (χ3n) is 6.12. The number of halogens is 5. The Kier molecular flexibility index (Phi) is 8.53. The normalized spacial score (nSPS) is 13.2. The molecule has 1 saturated carbocycles. The van der Waals surface area contributed by atoms with Crippen LogP contribution in [0.5, 0.6) is 5.75 Å². The van der Waals surface area contributed by atoms with E-state index >= 15 is 0 Å². The molecular formula is C28H25Cl2F3N2O3. The summed E-state index contributed by atoms with van der Waals surface area (Å²) >= 11 is 13.3. The summed E-state index contributed by atoms with van der Waals surface area (Å²) in [5, 5.41) is 3.65. The highest BCUT2D eigenvalue weighted by Crippen LogP contribution is 2.49. The van der Waals surface area contributed by atoms with Gasteiger partial charge in [0, 0.05) is 30.6 Å². The number of hydrogen-bond donors (Lipinski definition) is 1. The highest BCUT2D eigenvalue weighted by molar-refractivity contribution is 6.38. The van der Waals surface area contributed by atoms with Gasteiger partial charge >= 0.3 is 6.36 Å². The molecule has 10 heteroatoms. The Morgan fingerprint density at radius 1 is 1.05 bits per heavy atom. The molecule has 200 valence electrons. The Morgan fingerprint density at radius 2 is 1.71 bits per heavy atom. The molecule has 3 aromatic carbocycles. The van der Waals surface area contributed by atoms with E-state index < -0.39 is 6.36 Å². The minimum atomic E-state index is -4.77. The maximum atomic E-state index is 13.5. The van der Waals surface area contributed by atoms with Crippen molar-refractivity contribution in [2.24, 2.45) is 0 Å². The maximum Gasteiger partial charge on any atom is 0.573 e. The highest BCUT2D eigenvalue weighted by Gasteiger charge is 2.32. The maximum absolute atomic E-state index is 13.5. The molecule has 0 unspecified atom stereocenters. The molecule has 0 atom stereocenters. The van der Waals surface area contributed by atoms with Gasteiger partial charge in [0.15, 0.2) is 0 Å². The van der Waals surface area contributed by atoms with Gasteiger partial charge in [-0.1, -0.05) is 53.5 Å². The van der Waals surface area contributed by atoms with Crippen LogP contribution in [0, 0.1) is 0 Å². The number of anilines is 1. The Labute approximate surface area is 228 Å². The van der Waals surface area contributed by atoms with Crippen molar-refractivity contribution in [3.05, 3.63) is 93.0 Å². The summed E-state index contributed by atoms with van der Waals surface area (Å²) in [5.74, 6) is -0.643. The van der Waals surface area contributed by atoms with E-state index in [4.69, 9.17) is 23.2 Å². The fraction of sp³-hybridized carbons (Fsp3) is 0.286. The van der Waals surface area contributed by atoms with E-state index in [9.17, 15) is 22.8 Å². The first-order valence-corrected chi connectivity index (χ1v) is 12.7. The number of hydrogen-bond acceptors (Lipinski definition) is 3. The predicted octanol–water partition coefficient (Wildman–Crippen LogP) is 7.61. The lowest BCUT2D eigenvalue weighted by molar-refractivity contribution is -0.274. The molecule has 0 bridgehead atoms. The molecule has 1 aliphatic rings. The number of alkyl halides is 3. The van der Waals surface area contributed by atoms with E-state index in [0.29, 0.717) is 38.8 Å². The average molecular weight is 565 g/mol. The Morgan fingerprint density at radius 3 is 2.29 bits per heavy atom. The summed E-state index contributed by atoms with van der Waals surface area (Å²) < 4.78 is 41.4. The summed E-state index contributed by atoms with van der Waals surface area (Å²) in [5.41, 5.74) is 2.98. The SMILES string of the molecule is CC(=O)Nc1c(CN(CCc2ccc(OC(F)(F)F)cc2)C(=O)c2ccccc2)cc(Cl)c(C2CC2)c1Cl. The van der Waals surface area contributed by atoms with E-state index in [1.165, 1.54) is 31.2 Å². The Hall–Kier alpha value is -3.23. The van der Waals surface area contributed by atoms with Crippen LogP contribution in [0.3, 0.4) is 0 Å². The molecule has 4 rings (SSSR count). The first-order chi connectivity index (χ1) is 18.0. The highest BCUT2D eigenvalue weighted by atomic mass is 35.5. The van der Waals surface area contributed by atoms with Crippen molar-refractivity contribution < 1.29 is 27.5 Å². The van der Waals surface area contributed by atoms with Crippen LogP contribution >= 0.6 is 23.2 Å². The van der Waals surface area contributed by atoms with Crippen molar-refractivity contribution in [3.63, 3.8) is 0 Å². The van der Waals surface area contributed by atoms with Crippen molar-refractivity contribution in [2.45, 2.75) is 45.0 Å². The zero-order valence-corrected chi connectivity index (χ0v) is 22.0. The third kappa shape index (κ3) is 7.20. The lowest BCUT2D eigenvalue weighted by Gasteiger charge is -2.26. The second kappa shape index (κ2) is 11.7. The van der Waals surface area contributed by atoms with Gasteiger partial charge in [0.1, 0.15) is 5.75 Å². The van der Waals surface area contributed by atoms with E-state index in [2.05, 4.69) is 10.1 Å². The monoisotopic (exact) mass is 564 g/mol. The van der Waals surface area contributed by atoms with Gasteiger partial charge in [-0.15, -0.1) is 13.2 Å². The second-order valence-electron chi connectivity index (χ2n) is 9.11. The summed E-state index contributed by atoms with van der Waals surface area (Å²) in [7, 11) is 0. The van der Waals surface area contributed by atoms with Crippen LogP contribution < -0.4 is 10.1 Å². The smallest absolute Gasteiger partial charge is 0.406 e. The van der Waals surface area contributed by atoms with Gasteiger partial charge in [0.05, 0.1) is 10.7 Å². The molecule has 2 amide bonds. The van der Waals surface area contributed by atoms with E-state index in [0.717, 1.165) is 18.4 Å². The van der Waals surface area contributed by atoms with Crippen LogP contribution in [0.15, 0.2) is 60.7 Å². The largest absolute Gasteiger partial charge is 0.573 e. The van der Waals surface area contributed by atoms with E-state index in [1.807, 2.05) is 0 Å². The lowest BCUT2D eigenvalue weighted by Crippen LogP contribution is -2.33. The number of nitrogens with one attached hydrogen (secondary N) is 1. The second-order valence-corrected chi connectivity index (χ2v) is 9.90. The van der Waals surface area contributed by atoms with Gasteiger partial charge in [-0.05, 0) is 72.2 Å². The minimum Gasteiger partial charge on any atom is -0.406 e. The first-order valence-electron chi connectivity index (χ1n) is 12.0. The van der Waals surface area contributed by atoms with Gasteiger partial charge in [-0.2, -0.15) is 0 Å². The number of ether oxygens (including phenoxy) is 1. The molecule has 3 aromatic rings. The van der Waals surface area contributed by atoms with Crippen molar-refractivity contribution >= 4 is 40.7 Å². The summed E-state index contributed by atoms with van der Waals surface area (Å²) in [6, 6.07) is 16.0. The number of carbonyl (C=O) groups excluding carboxylic acids is 2. The van der Waals surface area contributed by atoms with Crippen LogP contribution in [0.25, 0.3) is 0 Å². The van der Waals surface area contributed by atoms with Crippen LogP contribution in [-0.2, 0) is 17.8 Å². The van der Waals surface area contributed by atoms with Crippen LogP contribution in [-0.4, -0.2) is 29.6 Å². The number of amides is 2. The Balaban J connectivity index is 1.62. The number of nitrogens with zero attached hydrogens (tertiary/aromatic N) is 1. The van der Waals surface area contributed by atoms with Gasteiger partial charge in [0.25, 0.3) is 5.91 Å². The van der Waals surface area contributed by atoms with Gasteiger partial charge in [-0.25, -0.2) is 0 Å². The third-order valence-corrected chi connectivity index (χ3v) is 6.82. The summed E-state index contributed by atoms with van der Waals surface area (Å²) in [4.78, 5) is 27.1. The zero-order valence-electron chi connectivity index (χ0n) is 20.4. The molecule has 5 nitrogen and oxygen atoms in total. The molecule has 0 saturated heterocycles. The fourth-order valence-electron chi connectivity index (χ4n) is 4.21. The molecule has 0 heterocycles. The lowest BCUT2D eigenvalue weighted by atomic mass is 10.0. The number of benzene rings is 3. The van der Waals surface area contributed by atoms with Crippen molar-refractivity contribution in [1.29, 1.82) is 0 Å². The van der Waals surface area contributed by atoms with E-state index in [1.54, 1.807) is 41.3 Å². The molecule has 1 aliphatic carbocycles. The van der Waals surface area contributed by atoms with Crippen molar-refractivity contribution in [2.75, 3.05) is 11.9 Å².